The third kappa shape index (κ3) is 6.23. The second-order valence-electron chi connectivity index (χ2n) is 3.01. The molecule has 76 valence electrons. The van der Waals surface area contributed by atoms with Crippen molar-refractivity contribution in [1.82, 2.24) is 0 Å². The Balaban J connectivity index is 0.000000151. The number of halogens is 1. The Bertz CT molecular complexity index is 362. The van der Waals surface area contributed by atoms with E-state index in [-0.39, 0.29) is 13.6 Å². The molecule has 2 aromatic rings. The first-order valence-corrected chi connectivity index (χ1v) is 13.1. The molecule has 2 rings (SSSR count). The molecular formula is C12H13BrGe2. The van der Waals surface area contributed by atoms with Crippen LogP contribution in [0.25, 0.3) is 0 Å². The summed E-state index contributed by atoms with van der Waals surface area (Å²) in [4.78, 5) is 0. The van der Waals surface area contributed by atoms with Gasteiger partial charge >= 0.3 is 114 Å². The van der Waals surface area contributed by atoms with Gasteiger partial charge in [-0.25, -0.2) is 0 Å². The fourth-order valence-electron chi connectivity index (χ4n) is 1.00. The molecule has 2 radical (unpaired) electrons. The van der Waals surface area contributed by atoms with Crippen LogP contribution in [0.5, 0.6) is 0 Å². The summed E-state index contributed by atoms with van der Waals surface area (Å²) in [5, 5.41) is 0. The summed E-state index contributed by atoms with van der Waals surface area (Å²) in [6.45, 7) is 0. The zero-order valence-corrected chi connectivity index (χ0v) is 15.4. The Kier molecular flexibility index (Phi) is 7.14. The normalized spacial score (nSPS) is 8.93. The number of hydrogen-bond donors (Lipinski definition) is 0. The molecule has 0 bridgehead atoms. The molecule has 0 nitrogen and oxygen atoms in total. The van der Waals surface area contributed by atoms with Crippen molar-refractivity contribution in [3.8, 4) is 0 Å². The van der Waals surface area contributed by atoms with E-state index in [0.29, 0.717) is 0 Å². The molecule has 0 heterocycles. The molecule has 0 aromatic heterocycles. The first kappa shape index (κ1) is 13.1. The van der Waals surface area contributed by atoms with Gasteiger partial charge in [-0.2, -0.15) is 0 Å². The van der Waals surface area contributed by atoms with Crippen LogP contribution >= 0.6 is 14.0 Å². The molecule has 0 unspecified atom stereocenters. The fraction of sp³-hybridized carbons (Fsp3) is 0. The van der Waals surface area contributed by atoms with E-state index in [4.69, 9.17) is 0 Å². The van der Waals surface area contributed by atoms with Gasteiger partial charge in [0.25, 0.3) is 0 Å². The van der Waals surface area contributed by atoms with Crippen molar-refractivity contribution < 1.29 is 0 Å². The first-order valence-electron chi connectivity index (χ1n) is 4.68. The van der Waals surface area contributed by atoms with Crippen molar-refractivity contribution >= 4 is 52.9 Å². The monoisotopic (exact) mass is 384 g/mol. The third-order valence-electron chi connectivity index (χ3n) is 1.77. The Morgan fingerprint density at radius 1 is 0.800 bits per heavy atom. The van der Waals surface area contributed by atoms with Crippen LogP contribution in [0, 0.1) is 0 Å². The molecule has 0 saturated heterocycles. The average molecular weight is 382 g/mol. The molecule has 0 saturated carbocycles. The summed E-state index contributed by atoms with van der Waals surface area (Å²) < 4.78 is 2.93. The third-order valence-corrected chi connectivity index (χ3v) is 6.84. The predicted molar refractivity (Wildman–Crippen MR) is 76.8 cm³/mol. The average Bonchev–Trinajstić information content (AvgIpc) is 2.32. The van der Waals surface area contributed by atoms with Crippen molar-refractivity contribution in [3.63, 3.8) is 0 Å². The summed E-state index contributed by atoms with van der Waals surface area (Å²) in [5.41, 5.74) is 0. The molecule has 0 atom stereocenters. The number of hydrogen-bond acceptors (Lipinski definition) is 0. The second-order valence-corrected chi connectivity index (χ2v) is 8.95. The van der Waals surface area contributed by atoms with E-state index in [0.717, 1.165) is 0 Å². The minimum atomic E-state index is -0.227. The molecule has 0 amide bonds. The van der Waals surface area contributed by atoms with E-state index in [1.807, 2.05) is 12.1 Å². The van der Waals surface area contributed by atoms with Gasteiger partial charge in [-0.05, 0) is 0 Å². The maximum absolute atomic E-state index is 3.51. The Hall–Kier alpha value is 0.00571. The van der Waals surface area contributed by atoms with Crippen LogP contribution in [0.1, 0.15) is 0 Å². The van der Waals surface area contributed by atoms with Crippen LogP contribution in [0.15, 0.2) is 60.7 Å². The van der Waals surface area contributed by atoms with E-state index in [2.05, 4.69) is 62.5 Å². The minimum absolute atomic E-state index is 0.227. The predicted octanol–water partition coefficient (Wildman–Crippen LogP) is 1.00. The molecule has 0 aliphatic carbocycles. The van der Waals surface area contributed by atoms with Gasteiger partial charge in [0.15, 0.2) is 0 Å². The molecule has 0 spiro atoms. The van der Waals surface area contributed by atoms with Gasteiger partial charge in [0, 0.05) is 0 Å². The van der Waals surface area contributed by atoms with Crippen LogP contribution in [0.4, 0.5) is 0 Å². The van der Waals surface area contributed by atoms with Gasteiger partial charge in [0.05, 0.1) is 0 Å². The van der Waals surface area contributed by atoms with Crippen LogP contribution in [0.3, 0.4) is 0 Å². The van der Waals surface area contributed by atoms with Crippen molar-refractivity contribution in [2.75, 3.05) is 0 Å². The Morgan fingerprint density at radius 3 is 1.53 bits per heavy atom. The summed E-state index contributed by atoms with van der Waals surface area (Å²) in [5.74, 6) is 0. The van der Waals surface area contributed by atoms with Crippen molar-refractivity contribution in [3.05, 3.63) is 60.7 Å². The van der Waals surface area contributed by atoms with Gasteiger partial charge in [0.1, 0.15) is 0 Å². The Labute approximate surface area is 113 Å². The second kappa shape index (κ2) is 8.19. The summed E-state index contributed by atoms with van der Waals surface area (Å²) in [7, 11) is 0. The Morgan fingerprint density at radius 2 is 1.27 bits per heavy atom. The van der Waals surface area contributed by atoms with Crippen LogP contribution in [0.2, 0.25) is 0 Å². The van der Waals surface area contributed by atoms with Crippen molar-refractivity contribution in [2.45, 2.75) is 0 Å². The molecule has 0 fully saturated rings. The SMILES string of the molecule is [Br][GeH][c]1ccccc1.[GeH2][c]1ccccc1. The molecule has 15 heavy (non-hydrogen) atoms. The van der Waals surface area contributed by atoms with E-state index in [1.165, 1.54) is 25.3 Å². The van der Waals surface area contributed by atoms with Crippen LogP contribution in [-0.4, -0.2) is 30.1 Å². The van der Waals surface area contributed by atoms with E-state index in [9.17, 15) is 0 Å². The first-order chi connectivity index (χ1) is 7.33. The van der Waals surface area contributed by atoms with Gasteiger partial charge in [-0.1, -0.05) is 0 Å². The quantitative estimate of drug-likeness (QED) is 0.646. The summed E-state index contributed by atoms with van der Waals surface area (Å²) in [6.07, 6.45) is 0. The van der Waals surface area contributed by atoms with E-state index < -0.39 is 0 Å². The van der Waals surface area contributed by atoms with Crippen molar-refractivity contribution in [1.29, 1.82) is 0 Å². The number of benzene rings is 2. The molecular weight excluding hydrogens is 369 g/mol. The van der Waals surface area contributed by atoms with Crippen molar-refractivity contribution in [2.24, 2.45) is 0 Å². The number of rotatable bonds is 1. The van der Waals surface area contributed by atoms with Gasteiger partial charge in [-0.3, -0.25) is 0 Å². The van der Waals surface area contributed by atoms with Crippen LogP contribution < -0.4 is 8.79 Å². The standard InChI is InChI=1S/C6H6BrGe.C6H7Ge/c7-8-6-4-2-1-3-5-6;7-6-4-2-1-3-5-6/h1-5,8H;1-5H,7H2. The maximum atomic E-state index is 3.51. The molecule has 0 aliphatic heterocycles. The fourth-order valence-corrected chi connectivity index (χ4v) is 3.93. The van der Waals surface area contributed by atoms with Gasteiger partial charge in [-0.15, -0.1) is 0 Å². The molecule has 0 N–H and O–H groups in total. The molecule has 0 aliphatic rings. The van der Waals surface area contributed by atoms with Gasteiger partial charge < -0.3 is 0 Å². The van der Waals surface area contributed by atoms with Crippen LogP contribution in [-0.2, 0) is 0 Å². The molecule has 2 aromatic carbocycles. The zero-order valence-electron chi connectivity index (χ0n) is 8.44. The van der Waals surface area contributed by atoms with Gasteiger partial charge in [0.2, 0.25) is 0 Å². The molecule has 3 heteroatoms. The summed E-state index contributed by atoms with van der Waals surface area (Å²) in [6, 6.07) is 21.0. The van der Waals surface area contributed by atoms with E-state index in [1.54, 1.807) is 0 Å². The summed E-state index contributed by atoms with van der Waals surface area (Å²) >= 11 is 4.55. The topological polar surface area (TPSA) is 0 Å². The zero-order chi connectivity index (χ0) is 10.9. The van der Waals surface area contributed by atoms with E-state index >= 15 is 0 Å².